The van der Waals surface area contributed by atoms with Gasteiger partial charge in [-0.3, -0.25) is 9.10 Å². The minimum Gasteiger partial charge on any atom is -0.271 e. The first-order chi connectivity index (χ1) is 13.4. The average molecular weight is 420 g/mol. The highest BCUT2D eigenvalue weighted by molar-refractivity contribution is 7.92. The second-order valence-corrected chi connectivity index (χ2v) is 8.97. The number of nitrogens with zero attached hydrogens (tertiary/aromatic N) is 2. The van der Waals surface area contributed by atoms with Gasteiger partial charge >= 0.3 is 0 Å². The third-order valence-corrected chi connectivity index (χ3v) is 6.63. The number of carbonyl (C=O) groups excluding carboxylic acids is 1. The molecule has 3 rings (SSSR count). The van der Waals surface area contributed by atoms with Crippen LogP contribution < -0.4 is 9.73 Å². The van der Waals surface area contributed by atoms with Gasteiger partial charge in [0.2, 0.25) is 0 Å². The maximum absolute atomic E-state index is 13.2. The Morgan fingerprint density at radius 3 is 2.39 bits per heavy atom. The van der Waals surface area contributed by atoms with Crippen LogP contribution in [0.1, 0.15) is 31.2 Å². The fraction of sp³-hybridized carbons (Fsp3) is 0.300. The molecule has 0 heterocycles. The maximum Gasteiger partial charge on any atom is 0.264 e. The molecule has 2 aromatic rings. The number of nitrogens with one attached hydrogen (secondary N) is 1. The van der Waals surface area contributed by atoms with Gasteiger partial charge in [0, 0.05) is 5.71 Å². The lowest BCUT2D eigenvalue weighted by atomic mass is 10.2. The van der Waals surface area contributed by atoms with Crippen LogP contribution in [-0.4, -0.2) is 26.6 Å². The summed E-state index contributed by atoms with van der Waals surface area (Å²) in [7, 11) is -3.99. The Hall–Kier alpha value is -2.38. The topological polar surface area (TPSA) is 78.8 Å². The van der Waals surface area contributed by atoms with Crippen molar-refractivity contribution in [2.75, 3.05) is 10.8 Å². The molecule has 148 valence electrons. The molecule has 0 atom stereocenters. The third kappa shape index (κ3) is 4.72. The van der Waals surface area contributed by atoms with Crippen LogP contribution in [0.5, 0.6) is 0 Å². The molecular formula is C20H22ClN3O3S. The van der Waals surface area contributed by atoms with E-state index >= 15 is 0 Å². The Balaban J connectivity index is 1.91. The minimum absolute atomic E-state index is 0.0907. The van der Waals surface area contributed by atoms with Gasteiger partial charge in [0.15, 0.2) is 0 Å². The fourth-order valence-electron chi connectivity index (χ4n) is 2.99. The molecule has 8 heteroatoms. The van der Waals surface area contributed by atoms with Crippen molar-refractivity contribution >= 4 is 38.9 Å². The molecular weight excluding hydrogens is 398 g/mol. The largest absolute Gasteiger partial charge is 0.271 e. The van der Waals surface area contributed by atoms with Crippen LogP contribution in [0, 0.1) is 6.92 Å². The number of aryl methyl sites for hydroxylation is 1. The summed E-state index contributed by atoms with van der Waals surface area (Å²) in [4.78, 5) is 12.6. The van der Waals surface area contributed by atoms with Crippen molar-refractivity contribution in [2.24, 2.45) is 5.10 Å². The highest BCUT2D eigenvalue weighted by atomic mass is 35.5. The molecule has 1 amide bonds. The van der Waals surface area contributed by atoms with Crippen molar-refractivity contribution in [2.45, 2.75) is 37.5 Å². The number of halogens is 1. The Kier molecular flexibility index (Phi) is 6.36. The molecule has 1 N–H and O–H groups in total. The summed E-state index contributed by atoms with van der Waals surface area (Å²) in [5.74, 6) is -0.519. The molecule has 0 unspecified atom stereocenters. The van der Waals surface area contributed by atoms with Gasteiger partial charge in [0.25, 0.3) is 15.9 Å². The molecule has 0 spiro atoms. The van der Waals surface area contributed by atoms with E-state index in [1.165, 1.54) is 12.1 Å². The van der Waals surface area contributed by atoms with Crippen LogP contribution in [0.3, 0.4) is 0 Å². The number of rotatable bonds is 6. The number of hydrogen-bond acceptors (Lipinski definition) is 4. The van der Waals surface area contributed by atoms with Crippen LogP contribution in [0.4, 0.5) is 5.69 Å². The number of amides is 1. The van der Waals surface area contributed by atoms with Crippen LogP contribution >= 0.6 is 11.6 Å². The summed E-state index contributed by atoms with van der Waals surface area (Å²) >= 11 is 6.24. The van der Waals surface area contributed by atoms with Gasteiger partial charge in [-0.2, -0.15) is 5.10 Å². The van der Waals surface area contributed by atoms with Gasteiger partial charge in [-0.1, -0.05) is 41.4 Å². The lowest BCUT2D eigenvalue weighted by Gasteiger charge is -2.24. The summed E-state index contributed by atoms with van der Waals surface area (Å²) in [6.45, 7) is 1.45. The Morgan fingerprint density at radius 2 is 1.75 bits per heavy atom. The van der Waals surface area contributed by atoms with E-state index < -0.39 is 22.5 Å². The van der Waals surface area contributed by atoms with Crippen molar-refractivity contribution in [1.82, 2.24) is 5.43 Å². The second-order valence-electron chi connectivity index (χ2n) is 6.70. The quantitative estimate of drug-likeness (QED) is 0.721. The van der Waals surface area contributed by atoms with E-state index in [-0.39, 0.29) is 15.6 Å². The van der Waals surface area contributed by atoms with Crippen LogP contribution in [0.2, 0.25) is 5.02 Å². The minimum atomic E-state index is -3.99. The molecule has 0 aromatic heterocycles. The van der Waals surface area contributed by atoms with Crippen LogP contribution in [0.25, 0.3) is 0 Å². The Morgan fingerprint density at radius 1 is 1.11 bits per heavy atom. The zero-order valence-electron chi connectivity index (χ0n) is 15.6. The summed E-state index contributed by atoms with van der Waals surface area (Å²) in [5.41, 5.74) is 4.59. The second kappa shape index (κ2) is 8.75. The van der Waals surface area contributed by atoms with Crippen molar-refractivity contribution in [1.29, 1.82) is 0 Å². The normalized spacial score (nSPS) is 14.0. The molecule has 28 heavy (non-hydrogen) atoms. The number of benzene rings is 2. The van der Waals surface area contributed by atoms with Gasteiger partial charge in [-0.15, -0.1) is 0 Å². The maximum atomic E-state index is 13.2. The van der Waals surface area contributed by atoms with Crippen molar-refractivity contribution in [3.8, 4) is 0 Å². The average Bonchev–Trinajstić information content (AvgIpc) is 3.19. The first kappa shape index (κ1) is 20.4. The summed E-state index contributed by atoms with van der Waals surface area (Å²) < 4.78 is 27.5. The van der Waals surface area contributed by atoms with E-state index in [9.17, 15) is 13.2 Å². The van der Waals surface area contributed by atoms with Crippen molar-refractivity contribution in [3.05, 3.63) is 59.1 Å². The van der Waals surface area contributed by atoms with E-state index in [1.807, 2.05) is 6.92 Å². The smallest absolute Gasteiger partial charge is 0.264 e. The monoisotopic (exact) mass is 419 g/mol. The number of hydrogen-bond donors (Lipinski definition) is 1. The van der Waals surface area contributed by atoms with Crippen molar-refractivity contribution in [3.63, 3.8) is 0 Å². The van der Waals surface area contributed by atoms with E-state index in [0.29, 0.717) is 0 Å². The number of sulfonamides is 1. The SMILES string of the molecule is Cc1ccc(S(=O)(=O)N(CC(=O)NN=C2CCCC2)c2ccccc2Cl)cc1. The lowest BCUT2D eigenvalue weighted by molar-refractivity contribution is -0.119. The van der Waals surface area contributed by atoms with Gasteiger partial charge in [0.1, 0.15) is 6.54 Å². The van der Waals surface area contributed by atoms with Gasteiger partial charge < -0.3 is 0 Å². The highest BCUT2D eigenvalue weighted by Crippen LogP contribution is 2.30. The first-order valence-corrected chi connectivity index (χ1v) is 10.9. The first-order valence-electron chi connectivity index (χ1n) is 9.06. The summed E-state index contributed by atoms with van der Waals surface area (Å²) in [5, 5.41) is 4.36. The molecule has 1 aliphatic rings. The molecule has 0 radical (unpaired) electrons. The van der Waals surface area contributed by atoms with E-state index in [4.69, 9.17) is 11.6 Å². The highest BCUT2D eigenvalue weighted by Gasteiger charge is 2.28. The van der Waals surface area contributed by atoms with E-state index in [1.54, 1.807) is 36.4 Å². The standard InChI is InChI=1S/C20H22ClN3O3S/c1-15-10-12-17(13-11-15)28(26,27)24(19-9-5-4-8-18(19)21)14-20(25)23-22-16-6-2-3-7-16/h4-5,8-13H,2-3,6-7,14H2,1H3,(H,23,25). The van der Waals surface area contributed by atoms with E-state index in [0.717, 1.165) is 41.3 Å². The third-order valence-electron chi connectivity index (χ3n) is 4.54. The zero-order chi connectivity index (χ0) is 20.1. The van der Waals surface area contributed by atoms with Gasteiger partial charge in [-0.25, -0.2) is 13.8 Å². The zero-order valence-corrected chi connectivity index (χ0v) is 17.1. The molecule has 1 fully saturated rings. The number of para-hydroxylation sites is 1. The van der Waals surface area contributed by atoms with Crippen LogP contribution in [0.15, 0.2) is 58.5 Å². The molecule has 6 nitrogen and oxygen atoms in total. The predicted molar refractivity (Wildman–Crippen MR) is 111 cm³/mol. The number of anilines is 1. The summed E-state index contributed by atoms with van der Waals surface area (Å²) in [6, 6.07) is 13.0. The molecule has 0 saturated heterocycles. The molecule has 0 bridgehead atoms. The van der Waals surface area contributed by atoms with Crippen molar-refractivity contribution < 1.29 is 13.2 Å². The summed E-state index contributed by atoms with van der Waals surface area (Å²) in [6.07, 6.45) is 3.83. The number of carbonyl (C=O) groups is 1. The molecule has 1 saturated carbocycles. The predicted octanol–water partition coefficient (Wildman–Crippen LogP) is 3.89. The molecule has 2 aromatic carbocycles. The molecule has 0 aliphatic heterocycles. The number of hydrazone groups is 1. The van der Waals surface area contributed by atoms with Crippen LogP contribution in [-0.2, 0) is 14.8 Å². The fourth-order valence-corrected chi connectivity index (χ4v) is 4.72. The van der Waals surface area contributed by atoms with Gasteiger partial charge in [0.05, 0.1) is 15.6 Å². The Labute approximate surface area is 170 Å². The Bertz CT molecular complexity index is 980. The van der Waals surface area contributed by atoms with E-state index in [2.05, 4.69) is 10.5 Å². The van der Waals surface area contributed by atoms with Gasteiger partial charge in [-0.05, 0) is 56.9 Å². The lowest BCUT2D eigenvalue weighted by Crippen LogP contribution is -2.40. The molecule has 1 aliphatic carbocycles.